The van der Waals surface area contributed by atoms with Gasteiger partial charge in [0.2, 0.25) is 10.0 Å². The molecule has 0 aliphatic carbocycles. The van der Waals surface area contributed by atoms with Gasteiger partial charge in [0.25, 0.3) is 0 Å². The van der Waals surface area contributed by atoms with E-state index in [0.717, 1.165) is 16.8 Å². The van der Waals surface area contributed by atoms with E-state index in [0.29, 0.717) is 4.47 Å². The van der Waals surface area contributed by atoms with Gasteiger partial charge in [0, 0.05) is 35.2 Å². The van der Waals surface area contributed by atoms with Gasteiger partial charge in [-0.25, -0.2) is 13.1 Å². The van der Waals surface area contributed by atoms with Crippen LogP contribution in [0.15, 0.2) is 76.5 Å². The van der Waals surface area contributed by atoms with Crippen LogP contribution in [-0.2, 0) is 16.6 Å². The van der Waals surface area contributed by atoms with Crippen LogP contribution in [0.3, 0.4) is 0 Å². The van der Waals surface area contributed by atoms with Gasteiger partial charge in [-0.05, 0) is 51.8 Å². The Hall–Kier alpha value is -2.09. The minimum absolute atomic E-state index is 0.148. The number of nitrogens with zero attached hydrogens (tertiary/aromatic N) is 2. The summed E-state index contributed by atoms with van der Waals surface area (Å²) in [6.07, 6.45) is 5.04. The summed E-state index contributed by atoms with van der Waals surface area (Å²) in [5.41, 5.74) is 2.41. The van der Waals surface area contributed by atoms with Gasteiger partial charge in [0.15, 0.2) is 0 Å². The molecular formula is C17H14BrN3O2S. The van der Waals surface area contributed by atoms with Gasteiger partial charge in [-0.3, -0.25) is 9.97 Å². The summed E-state index contributed by atoms with van der Waals surface area (Å²) in [6, 6.07) is 14.0. The van der Waals surface area contributed by atoms with Crippen molar-refractivity contribution in [3.8, 4) is 11.3 Å². The van der Waals surface area contributed by atoms with Crippen LogP contribution in [0.4, 0.5) is 0 Å². The number of hydrogen-bond acceptors (Lipinski definition) is 4. The minimum atomic E-state index is -3.63. The lowest BCUT2D eigenvalue weighted by molar-refractivity contribution is 0.581. The molecule has 0 saturated carbocycles. The minimum Gasteiger partial charge on any atom is -0.265 e. The first kappa shape index (κ1) is 16.8. The van der Waals surface area contributed by atoms with Gasteiger partial charge in [0.1, 0.15) is 0 Å². The molecule has 1 N–H and O–H groups in total. The molecule has 0 unspecified atom stereocenters. The lowest BCUT2D eigenvalue weighted by Crippen LogP contribution is -2.24. The van der Waals surface area contributed by atoms with Gasteiger partial charge < -0.3 is 0 Å². The molecule has 3 aromatic rings. The van der Waals surface area contributed by atoms with Gasteiger partial charge in [-0.15, -0.1) is 0 Å². The molecule has 2 aromatic heterocycles. The monoisotopic (exact) mass is 403 g/mol. The van der Waals surface area contributed by atoms with E-state index in [2.05, 4.69) is 30.6 Å². The number of halogens is 1. The largest absolute Gasteiger partial charge is 0.265 e. The highest BCUT2D eigenvalue weighted by Gasteiger charge is 2.17. The Balaban J connectivity index is 1.87. The van der Waals surface area contributed by atoms with Crippen molar-refractivity contribution in [1.29, 1.82) is 0 Å². The predicted octanol–water partition coefficient (Wildman–Crippen LogP) is 3.38. The first-order chi connectivity index (χ1) is 11.6. The van der Waals surface area contributed by atoms with Crippen LogP contribution in [0, 0.1) is 0 Å². The Labute approximate surface area is 149 Å². The Morgan fingerprint density at radius 1 is 0.958 bits per heavy atom. The zero-order chi connectivity index (χ0) is 17.0. The number of aromatic nitrogens is 2. The molecule has 0 aliphatic rings. The molecule has 0 fully saturated rings. The molecule has 3 rings (SSSR count). The average Bonchev–Trinajstić information content (AvgIpc) is 2.61. The molecule has 5 nitrogen and oxygen atoms in total. The van der Waals surface area contributed by atoms with E-state index in [4.69, 9.17) is 0 Å². The quantitative estimate of drug-likeness (QED) is 0.708. The highest BCUT2D eigenvalue weighted by atomic mass is 79.9. The predicted molar refractivity (Wildman–Crippen MR) is 95.6 cm³/mol. The highest BCUT2D eigenvalue weighted by molar-refractivity contribution is 9.10. The fraction of sp³-hybridized carbons (Fsp3) is 0.0588. The third kappa shape index (κ3) is 3.69. The summed E-state index contributed by atoms with van der Waals surface area (Å²) in [6.45, 7) is 0.148. The smallest absolute Gasteiger partial charge is 0.241 e. The van der Waals surface area contributed by atoms with E-state index in [1.165, 1.54) is 0 Å². The molecular weight excluding hydrogens is 390 g/mol. The molecule has 0 saturated heterocycles. The fourth-order valence-corrected chi connectivity index (χ4v) is 4.27. The van der Waals surface area contributed by atoms with E-state index in [1.54, 1.807) is 48.9 Å². The van der Waals surface area contributed by atoms with Crippen molar-refractivity contribution >= 4 is 26.0 Å². The van der Waals surface area contributed by atoms with E-state index in [1.807, 2.05) is 18.2 Å². The maximum atomic E-state index is 12.5. The second-order valence-electron chi connectivity index (χ2n) is 5.00. The molecule has 7 heteroatoms. The first-order valence-electron chi connectivity index (χ1n) is 7.16. The normalized spacial score (nSPS) is 11.4. The van der Waals surface area contributed by atoms with Crippen molar-refractivity contribution < 1.29 is 8.42 Å². The molecule has 0 amide bonds. The van der Waals surface area contributed by atoms with Crippen molar-refractivity contribution in [2.45, 2.75) is 11.4 Å². The van der Waals surface area contributed by atoms with E-state index in [-0.39, 0.29) is 11.4 Å². The topological polar surface area (TPSA) is 72.0 Å². The summed E-state index contributed by atoms with van der Waals surface area (Å²) in [5.74, 6) is 0. The molecule has 0 atom stereocenters. The van der Waals surface area contributed by atoms with Gasteiger partial charge in [-0.2, -0.15) is 0 Å². The van der Waals surface area contributed by atoms with Gasteiger partial charge in [-0.1, -0.05) is 18.2 Å². The van der Waals surface area contributed by atoms with Crippen LogP contribution in [0.5, 0.6) is 0 Å². The summed E-state index contributed by atoms with van der Waals surface area (Å²) in [5, 5.41) is 0. The lowest BCUT2D eigenvalue weighted by Gasteiger charge is -2.11. The van der Waals surface area contributed by atoms with Crippen molar-refractivity contribution in [3.63, 3.8) is 0 Å². The molecule has 0 aliphatic heterocycles. The van der Waals surface area contributed by atoms with Crippen molar-refractivity contribution in [2.75, 3.05) is 0 Å². The van der Waals surface area contributed by atoms with Gasteiger partial charge >= 0.3 is 0 Å². The zero-order valence-electron chi connectivity index (χ0n) is 12.6. The van der Waals surface area contributed by atoms with Crippen molar-refractivity contribution in [1.82, 2.24) is 14.7 Å². The Bertz CT molecular complexity index is 947. The van der Waals surface area contributed by atoms with Crippen molar-refractivity contribution in [3.05, 3.63) is 77.2 Å². The van der Waals surface area contributed by atoms with Crippen LogP contribution in [0.25, 0.3) is 11.3 Å². The third-order valence-electron chi connectivity index (χ3n) is 3.42. The average molecular weight is 404 g/mol. The third-order valence-corrected chi connectivity index (χ3v) is 5.84. The molecule has 24 heavy (non-hydrogen) atoms. The number of pyridine rings is 2. The zero-order valence-corrected chi connectivity index (χ0v) is 15.0. The molecule has 122 valence electrons. The first-order valence-corrected chi connectivity index (χ1v) is 9.44. The second kappa shape index (κ2) is 7.21. The number of hydrogen-bond donors (Lipinski definition) is 1. The molecule has 2 heterocycles. The Morgan fingerprint density at radius 3 is 2.46 bits per heavy atom. The Morgan fingerprint density at radius 2 is 1.71 bits per heavy atom. The van der Waals surface area contributed by atoms with Gasteiger partial charge in [0.05, 0.1) is 10.6 Å². The maximum Gasteiger partial charge on any atom is 0.241 e. The van der Waals surface area contributed by atoms with Crippen LogP contribution in [0.1, 0.15) is 5.56 Å². The molecule has 1 aromatic carbocycles. The fourth-order valence-electron chi connectivity index (χ4n) is 2.26. The summed E-state index contributed by atoms with van der Waals surface area (Å²) >= 11 is 3.27. The van der Waals surface area contributed by atoms with Crippen LogP contribution >= 0.6 is 15.9 Å². The molecule has 0 radical (unpaired) electrons. The summed E-state index contributed by atoms with van der Waals surface area (Å²) in [7, 11) is -3.63. The van der Waals surface area contributed by atoms with E-state index >= 15 is 0 Å². The van der Waals surface area contributed by atoms with Crippen LogP contribution < -0.4 is 4.72 Å². The van der Waals surface area contributed by atoms with E-state index < -0.39 is 10.0 Å². The van der Waals surface area contributed by atoms with Crippen LogP contribution in [-0.4, -0.2) is 18.4 Å². The van der Waals surface area contributed by atoms with Crippen molar-refractivity contribution in [2.24, 2.45) is 0 Å². The Kier molecular flexibility index (Phi) is 5.03. The number of rotatable bonds is 5. The second-order valence-corrected chi connectivity index (χ2v) is 7.59. The number of benzene rings is 1. The lowest BCUT2D eigenvalue weighted by atomic mass is 10.1. The SMILES string of the molecule is O=S(=O)(NCc1cccnc1-c1ccncc1)c1ccccc1Br. The van der Waals surface area contributed by atoms with Crippen LogP contribution in [0.2, 0.25) is 0 Å². The standard InChI is InChI=1S/C17H14BrN3O2S/c18-15-5-1-2-6-16(15)24(22,23)21-12-14-4-3-9-20-17(14)13-7-10-19-11-8-13/h1-11,21H,12H2. The number of sulfonamides is 1. The summed E-state index contributed by atoms with van der Waals surface area (Å²) in [4.78, 5) is 8.57. The van der Waals surface area contributed by atoms with E-state index in [9.17, 15) is 8.42 Å². The highest BCUT2D eigenvalue weighted by Crippen LogP contribution is 2.23. The number of nitrogens with one attached hydrogen (secondary N) is 1. The summed E-state index contributed by atoms with van der Waals surface area (Å²) < 4.78 is 28.2. The molecule has 0 bridgehead atoms. The maximum absolute atomic E-state index is 12.5. The molecule has 0 spiro atoms.